The third-order valence-electron chi connectivity index (χ3n) is 4.19. The van der Waals surface area contributed by atoms with Crippen LogP contribution in [0.3, 0.4) is 0 Å². The molecule has 1 aromatic rings. The molecule has 1 saturated heterocycles. The number of rotatable bonds is 1. The normalized spacial score (nSPS) is 22.7. The molecule has 0 unspecified atom stereocenters. The predicted molar refractivity (Wildman–Crippen MR) is 87.7 cm³/mol. The minimum atomic E-state index is -0.186. The van der Waals surface area contributed by atoms with Crippen molar-refractivity contribution < 1.29 is 9.59 Å². The molecule has 2 amide bonds. The van der Waals surface area contributed by atoms with Crippen LogP contribution in [0.2, 0.25) is 0 Å². The van der Waals surface area contributed by atoms with Gasteiger partial charge in [0.05, 0.1) is 17.9 Å². The van der Waals surface area contributed by atoms with E-state index in [1.165, 1.54) is 0 Å². The monoisotopic (exact) mass is 316 g/mol. The molecule has 4 rings (SSSR count). The van der Waals surface area contributed by atoms with Crippen molar-refractivity contribution in [3.8, 4) is 0 Å². The van der Waals surface area contributed by atoms with Crippen LogP contribution in [0, 0.1) is 0 Å². The Hall–Kier alpha value is -2.02. The van der Waals surface area contributed by atoms with Crippen molar-refractivity contribution in [2.45, 2.75) is 18.9 Å². The number of amidine groups is 1. The molecular formula is C15H16N4O2S. The van der Waals surface area contributed by atoms with E-state index in [9.17, 15) is 9.59 Å². The molecule has 0 saturated carbocycles. The van der Waals surface area contributed by atoms with Crippen LogP contribution in [0.5, 0.6) is 0 Å². The first kappa shape index (κ1) is 13.6. The summed E-state index contributed by atoms with van der Waals surface area (Å²) in [5.41, 5.74) is 2.26. The highest BCUT2D eigenvalue weighted by Crippen LogP contribution is 2.37. The first-order chi connectivity index (χ1) is 10.7. The minimum Gasteiger partial charge on any atom is -0.358 e. The third-order valence-corrected chi connectivity index (χ3v) is 5.08. The van der Waals surface area contributed by atoms with E-state index in [1.54, 1.807) is 23.9 Å². The number of anilines is 2. The van der Waals surface area contributed by atoms with Crippen molar-refractivity contribution in [2.75, 3.05) is 29.1 Å². The van der Waals surface area contributed by atoms with Gasteiger partial charge in [-0.25, -0.2) is 0 Å². The zero-order chi connectivity index (χ0) is 15.1. The van der Waals surface area contributed by atoms with Crippen LogP contribution >= 0.6 is 11.8 Å². The van der Waals surface area contributed by atoms with E-state index < -0.39 is 0 Å². The summed E-state index contributed by atoms with van der Waals surface area (Å²) in [6.45, 7) is 1.64. The Morgan fingerprint density at radius 3 is 3.18 bits per heavy atom. The number of nitrogens with zero attached hydrogens (tertiary/aromatic N) is 2. The van der Waals surface area contributed by atoms with Crippen molar-refractivity contribution >= 4 is 40.1 Å². The van der Waals surface area contributed by atoms with E-state index in [0.29, 0.717) is 10.7 Å². The Bertz CT molecular complexity index is 688. The SMILES string of the molecule is O=C(NC1=NCCS1)c1ccc2c(c1)NC(=O)[C@@H]1CCCN21. The van der Waals surface area contributed by atoms with E-state index in [-0.39, 0.29) is 17.9 Å². The summed E-state index contributed by atoms with van der Waals surface area (Å²) >= 11 is 1.55. The average Bonchev–Trinajstić information content (AvgIpc) is 3.18. The zero-order valence-corrected chi connectivity index (χ0v) is 12.8. The Labute approximate surface area is 132 Å². The van der Waals surface area contributed by atoms with Crippen molar-refractivity contribution in [3.63, 3.8) is 0 Å². The van der Waals surface area contributed by atoms with E-state index in [1.807, 2.05) is 6.07 Å². The fourth-order valence-corrected chi connectivity index (χ4v) is 3.87. The summed E-state index contributed by atoms with van der Waals surface area (Å²) < 4.78 is 0. The molecule has 22 heavy (non-hydrogen) atoms. The quantitative estimate of drug-likeness (QED) is 0.822. The Morgan fingerprint density at radius 1 is 1.45 bits per heavy atom. The van der Waals surface area contributed by atoms with Crippen LogP contribution in [0.1, 0.15) is 23.2 Å². The van der Waals surface area contributed by atoms with E-state index in [0.717, 1.165) is 43.1 Å². The lowest BCUT2D eigenvalue weighted by atomic mass is 10.1. The highest BCUT2D eigenvalue weighted by atomic mass is 32.2. The number of benzene rings is 1. The van der Waals surface area contributed by atoms with Gasteiger partial charge in [0.2, 0.25) is 5.91 Å². The molecule has 1 fully saturated rings. The predicted octanol–water partition coefficient (Wildman–Crippen LogP) is 1.44. The summed E-state index contributed by atoms with van der Waals surface area (Å²) in [5, 5.41) is 6.40. The maximum atomic E-state index is 12.3. The molecule has 7 heteroatoms. The van der Waals surface area contributed by atoms with Gasteiger partial charge in [-0.3, -0.25) is 14.6 Å². The lowest BCUT2D eigenvalue weighted by molar-refractivity contribution is -0.117. The van der Waals surface area contributed by atoms with Gasteiger partial charge in [-0.15, -0.1) is 0 Å². The zero-order valence-electron chi connectivity index (χ0n) is 12.0. The summed E-state index contributed by atoms with van der Waals surface area (Å²) in [5.74, 6) is 0.749. The molecule has 6 nitrogen and oxygen atoms in total. The topological polar surface area (TPSA) is 73.8 Å². The Balaban J connectivity index is 1.60. The average molecular weight is 316 g/mol. The number of carbonyl (C=O) groups excluding carboxylic acids is 2. The second-order valence-corrected chi connectivity index (χ2v) is 6.65. The molecule has 0 spiro atoms. The number of fused-ring (bicyclic) bond motifs is 3. The van der Waals surface area contributed by atoms with E-state index in [2.05, 4.69) is 20.5 Å². The number of hydrogen-bond donors (Lipinski definition) is 2. The summed E-state index contributed by atoms with van der Waals surface area (Å²) in [6.07, 6.45) is 1.92. The summed E-state index contributed by atoms with van der Waals surface area (Å²) in [4.78, 5) is 30.7. The Kier molecular flexibility index (Phi) is 3.29. The number of carbonyl (C=O) groups is 2. The van der Waals surface area contributed by atoms with Crippen molar-refractivity contribution in [3.05, 3.63) is 23.8 Å². The fraction of sp³-hybridized carbons (Fsp3) is 0.400. The molecule has 0 bridgehead atoms. The number of amides is 2. The van der Waals surface area contributed by atoms with E-state index >= 15 is 0 Å². The second-order valence-electron chi connectivity index (χ2n) is 5.56. The minimum absolute atomic E-state index is 0.0262. The molecule has 1 atom stereocenters. The second kappa shape index (κ2) is 5.31. The third kappa shape index (κ3) is 2.25. The summed E-state index contributed by atoms with van der Waals surface area (Å²) in [6, 6.07) is 5.42. The molecule has 0 aromatic heterocycles. The maximum Gasteiger partial charge on any atom is 0.257 e. The van der Waals surface area contributed by atoms with Gasteiger partial charge in [-0.2, -0.15) is 0 Å². The van der Waals surface area contributed by atoms with Crippen LogP contribution in [-0.2, 0) is 4.79 Å². The van der Waals surface area contributed by atoms with Crippen LogP contribution in [0.15, 0.2) is 23.2 Å². The Morgan fingerprint density at radius 2 is 2.36 bits per heavy atom. The molecule has 3 heterocycles. The molecular weight excluding hydrogens is 300 g/mol. The molecule has 0 radical (unpaired) electrons. The fourth-order valence-electron chi connectivity index (χ4n) is 3.15. The lowest BCUT2D eigenvalue weighted by Gasteiger charge is -2.33. The molecule has 2 N–H and O–H groups in total. The summed E-state index contributed by atoms with van der Waals surface area (Å²) in [7, 11) is 0. The standard InChI is InChI=1S/C15H16N4O2S/c20-13(18-15-16-5-7-22-15)9-3-4-11-10(8-9)17-14(21)12-2-1-6-19(11)12/h3-4,8,12H,1-2,5-7H2,(H,17,21)(H,16,18,20)/t12-/m0/s1. The number of thioether (sulfide) groups is 1. The van der Waals surface area contributed by atoms with Gasteiger partial charge in [0.15, 0.2) is 5.17 Å². The van der Waals surface area contributed by atoms with Crippen LogP contribution < -0.4 is 15.5 Å². The maximum absolute atomic E-state index is 12.3. The van der Waals surface area contributed by atoms with Crippen LogP contribution in [-0.4, -0.2) is 41.9 Å². The largest absolute Gasteiger partial charge is 0.358 e. The van der Waals surface area contributed by atoms with Gasteiger partial charge < -0.3 is 15.5 Å². The van der Waals surface area contributed by atoms with Gasteiger partial charge in [0, 0.05) is 17.9 Å². The highest BCUT2D eigenvalue weighted by Gasteiger charge is 2.36. The van der Waals surface area contributed by atoms with Crippen molar-refractivity contribution in [2.24, 2.45) is 4.99 Å². The van der Waals surface area contributed by atoms with Crippen LogP contribution in [0.4, 0.5) is 11.4 Å². The lowest BCUT2D eigenvalue weighted by Crippen LogP contribution is -2.44. The molecule has 3 aliphatic rings. The van der Waals surface area contributed by atoms with E-state index in [4.69, 9.17) is 0 Å². The molecule has 114 valence electrons. The van der Waals surface area contributed by atoms with Gasteiger partial charge in [-0.1, -0.05) is 11.8 Å². The number of hydrogen-bond acceptors (Lipinski definition) is 5. The number of nitrogens with one attached hydrogen (secondary N) is 2. The smallest absolute Gasteiger partial charge is 0.257 e. The first-order valence-electron chi connectivity index (χ1n) is 7.42. The molecule has 1 aromatic carbocycles. The number of aliphatic imine (C=N–C) groups is 1. The van der Waals surface area contributed by atoms with Gasteiger partial charge in [0.25, 0.3) is 5.91 Å². The van der Waals surface area contributed by atoms with Gasteiger partial charge in [-0.05, 0) is 31.0 Å². The van der Waals surface area contributed by atoms with Gasteiger partial charge in [0.1, 0.15) is 6.04 Å². The van der Waals surface area contributed by atoms with Crippen molar-refractivity contribution in [1.82, 2.24) is 5.32 Å². The highest BCUT2D eigenvalue weighted by molar-refractivity contribution is 8.14. The van der Waals surface area contributed by atoms with Gasteiger partial charge >= 0.3 is 0 Å². The van der Waals surface area contributed by atoms with Crippen molar-refractivity contribution in [1.29, 1.82) is 0 Å². The molecule has 0 aliphatic carbocycles. The first-order valence-corrected chi connectivity index (χ1v) is 8.41. The molecule has 3 aliphatic heterocycles. The van der Waals surface area contributed by atoms with Crippen LogP contribution in [0.25, 0.3) is 0 Å².